The van der Waals surface area contributed by atoms with E-state index in [1.54, 1.807) is 19.1 Å². The van der Waals surface area contributed by atoms with E-state index in [9.17, 15) is 19.5 Å². The number of β-lactam (4-membered cyclic amide) rings is 1. The van der Waals surface area contributed by atoms with Gasteiger partial charge in [-0.25, -0.2) is 4.98 Å². The first-order chi connectivity index (χ1) is 12.8. The number of anilines is 1. The summed E-state index contributed by atoms with van der Waals surface area (Å²) in [6, 6.07) is -0.826. The van der Waals surface area contributed by atoms with Crippen LogP contribution >= 0.6 is 23.1 Å². The minimum atomic E-state index is -1.14. The number of carbonyl (C=O) groups is 3. The molecule has 3 rings (SSSR count). The SMILES string of the molecule is C/C=C/C1(C(=O)O)CSC2C(NC(=O)/C(=N/O)c3csc(N)n3)C(=O)N2C1. The van der Waals surface area contributed by atoms with E-state index in [1.807, 2.05) is 0 Å². The Morgan fingerprint density at radius 2 is 2.30 bits per heavy atom. The highest BCUT2D eigenvalue weighted by Gasteiger charge is 2.56. The molecule has 0 aromatic carbocycles. The van der Waals surface area contributed by atoms with Crippen LogP contribution in [0.3, 0.4) is 0 Å². The van der Waals surface area contributed by atoms with Gasteiger partial charge in [0.2, 0.25) is 5.91 Å². The zero-order valence-electron chi connectivity index (χ0n) is 14.2. The van der Waals surface area contributed by atoms with Crippen molar-refractivity contribution in [2.45, 2.75) is 18.3 Å². The highest BCUT2D eigenvalue weighted by Crippen LogP contribution is 2.43. The van der Waals surface area contributed by atoms with Gasteiger partial charge in [-0.1, -0.05) is 17.3 Å². The number of nitrogen functional groups attached to an aromatic ring is 1. The largest absolute Gasteiger partial charge is 0.481 e. The number of nitrogens with two attached hydrogens (primary N) is 1. The molecule has 1 aromatic heterocycles. The Kier molecular flexibility index (Phi) is 5.11. The molecule has 2 aliphatic heterocycles. The Morgan fingerprint density at radius 1 is 1.56 bits per heavy atom. The second-order valence-electron chi connectivity index (χ2n) is 6.10. The molecule has 0 saturated carbocycles. The molecule has 5 N–H and O–H groups in total. The van der Waals surface area contributed by atoms with Crippen LogP contribution in [-0.2, 0) is 14.4 Å². The average Bonchev–Trinajstić information content (AvgIpc) is 3.06. The predicted molar refractivity (Wildman–Crippen MR) is 99.6 cm³/mol. The van der Waals surface area contributed by atoms with Crippen LogP contribution in [0.1, 0.15) is 12.6 Å². The van der Waals surface area contributed by atoms with E-state index in [0.29, 0.717) is 0 Å². The number of nitrogens with one attached hydrogen (secondary N) is 1. The second kappa shape index (κ2) is 7.19. The number of oxime groups is 1. The average molecular weight is 411 g/mol. The van der Waals surface area contributed by atoms with E-state index in [1.165, 1.54) is 22.0 Å². The highest BCUT2D eigenvalue weighted by atomic mass is 32.2. The smallest absolute Gasteiger partial charge is 0.316 e. The number of carboxylic acids is 1. The topological polar surface area (TPSA) is 158 Å². The number of hydrogen-bond donors (Lipinski definition) is 4. The van der Waals surface area contributed by atoms with Crippen molar-refractivity contribution in [3.8, 4) is 0 Å². The lowest BCUT2D eigenvalue weighted by atomic mass is 9.86. The fourth-order valence-electron chi connectivity index (χ4n) is 3.03. The molecule has 3 atom stereocenters. The lowest BCUT2D eigenvalue weighted by Gasteiger charge is -2.53. The molecule has 0 spiro atoms. The van der Waals surface area contributed by atoms with Crippen molar-refractivity contribution < 1.29 is 24.7 Å². The molecule has 3 unspecified atom stereocenters. The van der Waals surface area contributed by atoms with E-state index in [0.717, 1.165) is 11.3 Å². The quantitative estimate of drug-likeness (QED) is 0.173. The third kappa shape index (κ3) is 3.25. The van der Waals surface area contributed by atoms with E-state index in [-0.39, 0.29) is 40.1 Å². The Hall–Kier alpha value is -2.60. The van der Waals surface area contributed by atoms with Gasteiger partial charge >= 0.3 is 5.97 Å². The number of nitrogens with zero attached hydrogens (tertiary/aromatic N) is 3. The van der Waals surface area contributed by atoms with Crippen molar-refractivity contribution in [1.29, 1.82) is 0 Å². The normalized spacial score (nSPS) is 28.0. The first-order valence-corrected chi connectivity index (χ1v) is 9.79. The first kappa shape index (κ1) is 19.2. The van der Waals surface area contributed by atoms with Crippen LogP contribution in [0, 0.1) is 5.41 Å². The maximum absolute atomic E-state index is 12.4. The van der Waals surface area contributed by atoms with Crippen LogP contribution in [0.2, 0.25) is 0 Å². The summed E-state index contributed by atoms with van der Waals surface area (Å²) in [5.74, 6) is -1.87. The molecule has 3 heterocycles. The molecule has 1 aromatic rings. The standard InChI is InChI=1S/C15H17N5O5S2/c1-2-3-15(13(23)24)5-20-11(22)9(12(20)27-6-15)18-10(21)8(19-25)7-4-26-14(16)17-7/h2-4,9,12,25H,5-6H2,1H3,(H2,16,17)(H,18,21)(H,23,24)/b3-2+,19-8+. The number of rotatable bonds is 5. The van der Waals surface area contributed by atoms with Crippen molar-refractivity contribution in [3.63, 3.8) is 0 Å². The Labute approximate surface area is 162 Å². The highest BCUT2D eigenvalue weighted by molar-refractivity contribution is 8.00. The van der Waals surface area contributed by atoms with Crippen LogP contribution in [0.25, 0.3) is 0 Å². The number of amides is 2. The van der Waals surface area contributed by atoms with Gasteiger partial charge in [-0.05, 0) is 6.92 Å². The summed E-state index contributed by atoms with van der Waals surface area (Å²) in [6.45, 7) is 1.77. The van der Waals surface area contributed by atoms with E-state index in [4.69, 9.17) is 10.9 Å². The van der Waals surface area contributed by atoms with Crippen LogP contribution in [0.15, 0.2) is 22.7 Å². The zero-order valence-corrected chi connectivity index (χ0v) is 15.8. The fourth-order valence-corrected chi connectivity index (χ4v) is 5.10. The Morgan fingerprint density at radius 3 is 2.85 bits per heavy atom. The van der Waals surface area contributed by atoms with Gasteiger partial charge in [0.05, 0.1) is 0 Å². The van der Waals surface area contributed by atoms with Gasteiger partial charge in [-0.2, -0.15) is 0 Å². The summed E-state index contributed by atoms with van der Waals surface area (Å²) in [5.41, 5.74) is 4.14. The summed E-state index contributed by atoms with van der Waals surface area (Å²) < 4.78 is 0. The number of allylic oxidation sites excluding steroid dienone is 1. The number of thioether (sulfide) groups is 1. The number of hydrogen-bond acceptors (Lipinski definition) is 9. The maximum atomic E-state index is 12.4. The van der Waals surface area contributed by atoms with Gasteiger partial charge in [0.1, 0.15) is 22.5 Å². The van der Waals surface area contributed by atoms with Crippen molar-refractivity contribution >= 4 is 51.7 Å². The minimum Gasteiger partial charge on any atom is -0.481 e. The number of aromatic nitrogens is 1. The summed E-state index contributed by atoms with van der Waals surface area (Å²) >= 11 is 2.37. The molecule has 0 bridgehead atoms. The zero-order chi connectivity index (χ0) is 19.8. The number of carbonyl (C=O) groups excluding carboxylic acids is 2. The van der Waals surface area contributed by atoms with Gasteiger partial charge in [-0.15, -0.1) is 23.1 Å². The molecule has 10 nitrogen and oxygen atoms in total. The lowest BCUT2D eigenvalue weighted by Crippen LogP contribution is -2.73. The minimum absolute atomic E-state index is 0.0408. The Bertz CT molecular complexity index is 853. The van der Waals surface area contributed by atoms with E-state index in [2.05, 4.69) is 15.5 Å². The molecule has 0 radical (unpaired) electrons. The molecule has 2 amide bonds. The van der Waals surface area contributed by atoms with Gasteiger partial charge in [0.15, 0.2) is 10.8 Å². The molecular weight excluding hydrogens is 394 g/mol. The van der Waals surface area contributed by atoms with Crippen LogP contribution in [0.4, 0.5) is 5.13 Å². The molecular formula is C15H17N5O5S2. The van der Waals surface area contributed by atoms with Gasteiger partial charge in [0, 0.05) is 17.7 Å². The summed E-state index contributed by atoms with van der Waals surface area (Å²) in [5, 5.41) is 25.5. The lowest BCUT2D eigenvalue weighted by molar-refractivity contribution is -0.156. The number of carboxylic acid groups (broad SMARTS) is 1. The molecule has 2 saturated heterocycles. The molecule has 27 heavy (non-hydrogen) atoms. The van der Waals surface area contributed by atoms with Crippen LogP contribution < -0.4 is 11.1 Å². The van der Waals surface area contributed by atoms with Gasteiger partial charge in [0.25, 0.3) is 5.91 Å². The summed E-state index contributed by atoms with van der Waals surface area (Å²) in [6.07, 6.45) is 3.24. The maximum Gasteiger partial charge on any atom is 0.316 e. The number of thiazole rings is 1. The van der Waals surface area contributed by atoms with Gasteiger partial charge in [-0.3, -0.25) is 14.4 Å². The van der Waals surface area contributed by atoms with Crippen molar-refractivity contribution in [2.75, 3.05) is 18.0 Å². The van der Waals surface area contributed by atoms with E-state index >= 15 is 0 Å². The molecule has 2 fully saturated rings. The third-order valence-electron chi connectivity index (χ3n) is 4.38. The molecule has 12 heteroatoms. The fraction of sp³-hybridized carbons (Fsp3) is 0.400. The van der Waals surface area contributed by atoms with Gasteiger partial charge < -0.3 is 26.3 Å². The summed E-state index contributed by atoms with van der Waals surface area (Å²) in [4.78, 5) is 41.8. The van der Waals surface area contributed by atoms with Crippen molar-refractivity contribution in [2.24, 2.45) is 10.6 Å². The molecule has 144 valence electrons. The third-order valence-corrected chi connectivity index (χ3v) is 6.61. The second-order valence-corrected chi connectivity index (χ2v) is 8.09. The monoisotopic (exact) mass is 411 g/mol. The predicted octanol–water partition coefficient (Wildman–Crippen LogP) is -0.0494. The summed E-state index contributed by atoms with van der Waals surface area (Å²) in [7, 11) is 0. The number of fused-ring (bicyclic) bond motifs is 1. The molecule has 0 aliphatic carbocycles. The Balaban J connectivity index is 1.70. The number of aliphatic carboxylic acids is 1. The van der Waals surface area contributed by atoms with E-state index < -0.39 is 23.3 Å². The van der Waals surface area contributed by atoms with Crippen LogP contribution in [0.5, 0.6) is 0 Å². The first-order valence-electron chi connectivity index (χ1n) is 7.86. The molecule has 2 aliphatic rings. The van der Waals surface area contributed by atoms with Crippen LogP contribution in [-0.4, -0.2) is 67.4 Å². The van der Waals surface area contributed by atoms with Crippen molar-refractivity contribution in [3.05, 3.63) is 23.2 Å². The van der Waals surface area contributed by atoms with Crippen molar-refractivity contribution in [1.82, 2.24) is 15.2 Å².